The Morgan fingerprint density at radius 1 is 1.24 bits per heavy atom. The minimum absolute atomic E-state index is 0.0851. The van der Waals surface area contributed by atoms with Crippen molar-refractivity contribution in [3.63, 3.8) is 0 Å². The van der Waals surface area contributed by atoms with Crippen molar-refractivity contribution in [1.29, 1.82) is 0 Å². The minimum atomic E-state index is -0.234. The summed E-state index contributed by atoms with van der Waals surface area (Å²) >= 11 is 0. The first-order valence-electron chi connectivity index (χ1n) is 6.50. The summed E-state index contributed by atoms with van der Waals surface area (Å²) in [5, 5.41) is 0. The molecule has 0 bridgehead atoms. The molecule has 0 heterocycles. The number of hydrogen-bond donors (Lipinski definition) is 0. The Morgan fingerprint density at radius 3 is 2.35 bits per heavy atom. The summed E-state index contributed by atoms with van der Waals surface area (Å²) in [4.78, 5) is 11.9. The summed E-state index contributed by atoms with van der Waals surface area (Å²) in [5.74, 6) is -0.234. The van der Waals surface area contributed by atoms with E-state index in [0.29, 0.717) is 18.8 Å². The molecule has 0 radical (unpaired) electrons. The quantitative estimate of drug-likeness (QED) is 0.483. The molecule has 3 heteroatoms. The van der Waals surface area contributed by atoms with Gasteiger partial charge in [0.15, 0.2) is 0 Å². The highest BCUT2D eigenvalue weighted by atomic mass is 16.5. The summed E-state index contributed by atoms with van der Waals surface area (Å²) in [6.45, 7) is 10.7. The van der Waals surface area contributed by atoms with Crippen LogP contribution in [0.25, 0.3) is 0 Å². The molecule has 0 rings (SSSR count). The van der Waals surface area contributed by atoms with Gasteiger partial charge in [0, 0.05) is 6.61 Å². The predicted molar refractivity (Wildman–Crippen MR) is 69.9 cm³/mol. The van der Waals surface area contributed by atoms with Crippen LogP contribution in [0, 0.1) is 0 Å². The molecule has 0 aromatic rings. The highest BCUT2D eigenvalue weighted by Gasteiger charge is 2.15. The Kier molecular flexibility index (Phi) is 8.78. The third-order valence-corrected chi connectivity index (χ3v) is 2.46. The van der Waals surface area contributed by atoms with E-state index < -0.39 is 0 Å². The Hall–Kier alpha value is -0.830. The number of esters is 1. The minimum Gasteiger partial charge on any atom is -0.460 e. The van der Waals surface area contributed by atoms with Gasteiger partial charge in [-0.2, -0.15) is 0 Å². The van der Waals surface area contributed by atoms with Crippen molar-refractivity contribution in [3.05, 3.63) is 11.1 Å². The second kappa shape index (κ2) is 9.23. The Labute approximate surface area is 105 Å². The predicted octanol–water partition coefficient (Wildman–Crippen LogP) is 3.48. The van der Waals surface area contributed by atoms with E-state index >= 15 is 0 Å². The van der Waals surface area contributed by atoms with Gasteiger partial charge >= 0.3 is 5.97 Å². The van der Waals surface area contributed by atoms with Crippen molar-refractivity contribution in [3.8, 4) is 0 Å². The molecule has 0 saturated carbocycles. The van der Waals surface area contributed by atoms with E-state index in [4.69, 9.17) is 9.47 Å². The smallest absolute Gasteiger partial charge is 0.336 e. The Balaban J connectivity index is 4.65. The zero-order chi connectivity index (χ0) is 13.3. The van der Waals surface area contributed by atoms with E-state index in [1.54, 1.807) is 0 Å². The molecule has 0 atom stereocenters. The number of carbonyl (C=O) groups excluding carboxylic acids is 1. The van der Waals surface area contributed by atoms with Gasteiger partial charge in [0.25, 0.3) is 0 Å². The largest absolute Gasteiger partial charge is 0.460 e. The number of unbranched alkanes of at least 4 members (excludes halogenated alkanes) is 1. The molecule has 0 aromatic carbocycles. The number of carbonyl (C=O) groups is 1. The molecule has 0 N–H and O–H groups in total. The molecule has 100 valence electrons. The topological polar surface area (TPSA) is 35.5 Å². The Bertz CT molecular complexity index is 254. The molecule has 0 amide bonds. The number of hydrogen-bond acceptors (Lipinski definition) is 3. The molecule has 0 fully saturated rings. The van der Waals surface area contributed by atoms with Crippen LogP contribution in [0.2, 0.25) is 0 Å². The van der Waals surface area contributed by atoms with Gasteiger partial charge in [-0.15, -0.1) is 0 Å². The maximum absolute atomic E-state index is 11.9. The average Bonchev–Trinajstić information content (AvgIpc) is 2.25. The molecule has 0 aliphatic carbocycles. The van der Waals surface area contributed by atoms with E-state index in [1.165, 1.54) is 0 Å². The third-order valence-electron chi connectivity index (χ3n) is 2.46. The summed E-state index contributed by atoms with van der Waals surface area (Å²) in [6, 6.07) is 0. The van der Waals surface area contributed by atoms with E-state index in [-0.39, 0.29) is 12.1 Å². The van der Waals surface area contributed by atoms with Crippen LogP contribution >= 0.6 is 0 Å². The third kappa shape index (κ3) is 7.16. The number of ether oxygens (including phenoxy) is 2. The van der Waals surface area contributed by atoms with Gasteiger partial charge in [0.2, 0.25) is 0 Å². The van der Waals surface area contributed by atoms with Gasteiger partial charge in [0.1, 0.15) is 0 Å². The zero-order valence-electron chi connectivity index (χ0n) is 11.8. The van der Waals surface area contributed by atoms with Crippen molar-refractivity contribution in [1.82, 2.24) is 0 Å². The number of rotatable bonds is 8. The molecule has 0 spiro atoms. The van der Waals surface area contributed by atoms with Crippen LogP contribution < -0.4 is 0 Å². The van der Waals surface area contributed by atoms with Crippen LogP contribution in [-0.2, 0) is 14.3 Å². The van der Waals surface area contributed by atoms with Crippen molar-refractivity contribution in [2.75, 3.05) is 13.2 Å². The zero-order valence-corrected chi connectivity index (χ0v) is 11.8. The fourth-order valence-corrected chi connectivity index (χ4v) is 1.44. The molecule has 0 saturated heterocycles. The van der Waals surface area contributed by atoms with Crippen LogP contribution in [0.15, 0.2) is 11.1 Å². The second-order valence-electron chi connectivity index (χ2n) is 4.45. The van der Waals surface area contributed by atoms with Crippen LogP contribution in [0.1, 0.15) is 53.9 Å². The normalized spacial score (nSPS) is 12.6. The van der Waals surface area contributed by atoms with Crippen LogP contribution in [0.4, 0.5) is 0 Å². The fraction of sp³-hybridized carbons (Fsp3) is 0.786. The first-order chi connectivity index (χ1) is 8.02. The van der Waals surface area contributed by atoms with E-state index in [2.05, 4.69) is 6.92 Å². The Morgan fingerprint density at radius 2 is 1.88 bits per heavy atom. The lowest BCUT2D eigenvalue weighted by molar-refractivity contribution is -0.143. The van der Waals surface area contributed by atoms with Gasteiger partial charge in [0.05, 0.1) is 18.3 Å². The fourth-order valence-electron chi connectivity index (χ4n) is 1.44. The first-order valence-corrected chi connectivity index (χ1v) is 6.50. The molecule has 0 aliphatic rings. The van der Waals surface area contributed by atoms with Crippen molar-refractivity contribution >= 4 is 5.97 Å². The van der Waals surface area contributed by atoms with E-state index in [9.17, 15) is 4.79 Å². The van der Waals surface area contributed by atoms with E-state index in [0.717, 1.165) is 24.8 Å². The lowest BCUT2D eigenvalue weighted by Gasteiger charge is -2.14. The molecule has 0 unspecified atom stereocenters. The second-order valence-corrected chi connectivity index (χ2v) is 4.45. The van der Waals surface area contributed by atoms with Gasteiger partial charge in [-0.1, -0.05) is 18.9 Å². The summed E-state index contributed by atoms with van der Waals surface area (Å²) in [7, 11) is 0. The molecule has 0 aromatic heterocycles. The molecular weight excluding hydrogens is 216 g/mol. The van der Waals surface area contributed by atoms with Crippen LogP contribution in [-0.4, -0.2) is 25.3 Å². The van der Waals surface area contributed by atoms with Gasteiger partial charge in [-0.25, -0.2) is 4.79 Å². The van der Waals surface area contributed by atoms with Crippen molar-refractivity contribution in [2.45, 2.75) is 60.0 Å². The lowest BCUT2D eigenvalue weighted by atomic mass is 10.0. The van der Waals surface area contributed by atoms with E-state index in [1.807, 2.05) is 27.7 Å². The molecular formula is C14H26O3. The summed E-state index contributed by atoms with van der Waals surface area (Å²) in [5.41, 5.74) is 1.78. The molecule has 0 aliphatic heterocycles. The monoisotopic (exact) mass is 242 g/mol. The molecule has 17 heavy (non-hydrogen) atoms. The van der Waals surface area contributed by atoms with Crippen molar-refractivity contribution in [2.24, 2.45) is 0 Å². The maximum atomic E-state index is 11.9. The van der Waals surface area contributed by atoms with Gasteiger partial charge < -0.3 is 9.47 Å². The van der Waals surface area contributed by atoms with Gasteiger partial charge in [-0.05, 0) is 40.5 Å². The lowest BCUT2D eigenvalue weighted by Crippen LogP contribution is -2.18. The maximum Gasteiger partial charge on any atom is 0.336 e. The average molecular weight is 242 g/mol. The molecule has 3 nitrogen and oxygen atoms in total. The summed E-state index contributed by atoms with van der Waals surface area (Å²) in [6.07, 6.45) is 3.07. The van der Waals surface area contributed by atoms with Gasteiger partial charge in [-0.3, -0.25) is 0 Å². The SMILES string of the molecule is CCCCC(C)=C(COCC)C(=O)OC(C)C. The standard InChI is InChI=1S/C14H26O3/c1-6-8-9-12(5)13(10-16-7-2)14(15)17-11(3)4/h11H,6-10H2,1-5H3. The van der Waals surface area contributed by atoms with Crippen LogP contribution in [0.5, 0.6) is 0 Å². The van der Waals surface area contributed by atoms with Crippen molar-refractivity contribution < 1.29 is 14.3 Å². The highest BCUT2D eigenvalue weighted by molar-refractivity contribution is 5.89. The highest BCUT2D eigenvalue weighted by Crippen LogP contribution is 2.15. The van der Waals surface area contributed by atoms with Crippen LogP contribution in [0.3, 0.4) is 0 Å². The first kappa shape index (κ1) is 16.2. The number of allylic oxidation sites excluding steroid dienone is 1. The summed E-state index contributed by atoms with van der Waals surface area (Å²) < 4.78 is 10.6.